The number of nitrogens with one attached hydrogen (secondary N) is 1. The molecule has 18 heavy (non-hydrogen) atoms. The van der Waals surface area contributed by atoms with Gasteiger partial charge in [-0.2, -0.15) is 5.26 Å². The average Bonchev–Trinajstić information content (AvgIpc) is 2.83. The van der Waals surface area contributed by atoms with Crippen LogP contribution in [-0.2, 0) is 0 Å². The van der Waals surface area contributed by atoms with E-state index in [2.05, 4.69) is 11.1 Å². The molecule has 0 saturated carbocycles. The molecule has 0 aliphatic heterocycles. The van der Waals surface area contributed by atoms with Gasteiger partial charge >= 0.3 is 0 Å². The van der Waals surface area contributed by atoms with Gasteiger partial charge in [0.05, 0.1) is 5.52 Å². The summed E-state index contributed by atoms with van der Waals surface area (Å²) in [6, 6.07) is 11.7. The summed E-state index contributed by atoms with van der Waals surface area (Å²) in [5, 5.41) is 9.07. The summed E-state index contributed by atoms with van der Waals surface area (Å²) in [4.78, 5) is 3.04. The number of nitriles is 1. The van der Waals surface area contributed by atoms with E-state index in [0.717, 1.165) is 21.2 Å². The lowest BCUT2D eigenvalue weighted by Gasteiger charge is -2.02. The minimum Gasteiger partial charge on any atom is -0.367 e. The van der Waals surface area contributed by atoms with Crippen LogP contribution in [0.4, 0.5) is 0 Å². The normalized spacial score (nSPS) is 10.4. The smallest absolute Gasteiger partial charge is 0.124 e. The van der Waals surface area contributed by atoms with Crippen molar-refractivity contribution in [2.75, 3.05) is 0 Å². The van der Waals surface area contributed by atoms with Crippen LogP contribution in [0.15, 0.2) is 48.9 Å². The maximum Gasteiger partial charge on any atom is 0.124 e. The van der Waals surface area contributed by atoms with Gasteiger partial charge in [0.25, 0.3) is 0 Å². The fourth-order valence-electron chi connectivity index (χ4n) is 2.08. The van der Waals surface area contributed by atoms with Crippen molar-refractivity contribution >= 4 is 17.7 Å². The van der Waals surface area contributed by atoms with Gasteiger partial charge in [0.2, 0.25) is 0 Å². The van der Waals surface area contributed by atoms with E-state index in [9.17, 15) is 0 Å². The van der Waals surface area contributed by atoms with Gasteiger partial charge in [-0.3, -0.25) is 0 Å². The Balaban J connectivity index is 2.37. The molecule has 0 fully saturated rings. The van der Waals surface area contributed by atoms with Crippen molar-refractivity contribution in [1.29, 1.82) is 5.26 Å². The zero-order valence-corrected chi connectivity index (χ0v) is 10.2. The van der Waals surface area contributed by atoms with Gasteiger partial charge in [0, 0.05) is 34.2 Å². The van der Waals surface area contributed by atoms with Gasteiger partial charge in [-0.1, -0.05) is 18.3 Å². The summed E-state index contributed by atoms with van der Waals surface area (Å²) in [6.07, 6.45) is 5.59. The highest BCUT2D eigenvalue weighted by atomic mass is 32.1. The molecular formula is C14H9N3S. The molecule has 0 amide bonds. The van der Waals surface area contributed by atoms with Crippen molar-refractivity contribution in [3.05, 3.63) is 59.1 Å². The van der Waals surface area contributed by atoms with Crippen LogP contribution in [-0.4, -0.2) is 9.38 Å². The van der Waals surface area contributed by atoms with E-state index in [1.165, 1.54) is 0 Å². The maximum atomic E-state index is 9.07. The lowest BCUT2D eigenvalue weighted by atomic mass is 10.1. The monoisotopic (exact) mass is 251 g/mol. The van der Waals surface area contributed by atoms with E-state index in [-0.39, 0.29) is 0 Å². The molecule has 3 rings (SSSR count). The predicted octanol–water partition coefficient (Wildman–Crippen LogP) is 3.54. The highest BCUT2D eigenvalue weighted by Crippen LogP contribution is 2.26. The Hall–Kier alpha value is -2.38. The number of aromatic amines is 1. The number of rotatable bonds is 1. The molecule has 0 radical (unpaired) electrons. The van der Waals surface area contributed by atoms with E-state index in [0.29, 0.717) is 5.69 Å². The lowest BCUT2D eigenvalue weighted by molar-refractivity contribution is 1.15. The van der Waals surface area contributed by atoms with Crippen LogP contribution in [0, 0.1) is 15.8 Å². The fourth-order valence-corrected chi connectivity index (χ4v) is 2.32. The van der Waals surface area contributed by atoms with E-state index in [1.807, 2.05) is 47.3 Å². The van der Waals surface area contributed by atoms with Gasteiger partial charge in [0.15, 0.2) is 0 Å². The Morgan fingerprint density at radius 3 is 2.83 bits per heavy atom. The summed E-state index contributed by atoms with van der Waals surface area (Å²) in [5.74, 6) is 0. The minimum absolute atomic E-state index is 0.615. The topological polar surface area (TPSA) is 44.0 Å². The number of H-pyrrole nitrogens is 1. The molecule has 3 nitrogen and oxygen atoms in total. The van der Waals surface area contributed by atoms with Crippen molar-refractivity contribution in [3.8, 4) is 17.2 Å². The molecule has 0 saturated heterocycles. The molecule has 0 aliphatic carbocycles. The Bertz CT molecular complexity index is 821. The third-order valence-electron chi connectivity index (χ3n) is 2.92. The van der Waals surface area contributed by atoms with Crippen LogP contribution in [0.25, 0.3) is 16.6 Å². The van der Waals surface area contributed by atoms with Gasteiger partial charge in [-0.25, -0.2) is 0 Å². The van der Waals surface area contributed by atoms with E-state index in [1.54, 1.807) is 6.07 Å². The fraction of sp³-hybridized carbons (Fsp3) is 0. The molecule has 0 atom stereocenters. The van der Waals surface area contributed by atoms with Gasteiger partial charge in [-0.15, -0.1) is 0 Å². The van der Waals surface area contributed by atoms with Crippen LogP contribution in [0.3, 0.4) is 0 Å². The third-order valence-corrected chi connectivity index (χ3v) is 3.28. The second-order valence-electron chi connectivity index (χ2n) is 3.93. The first kappa shape index (κ1) is 10.8. The Morgan fingerprint density at radius 1 is 1.17 bits per heavy atom. The lowest BCUT2D eigenvalue weighted by Crippen LogP contribution is -1.89. The largest absolute Gasteiger partial charge is 0.367 e. The molecule has 0 spiro atoms. The third kappa shape index (κ3) is 1.53. The molecule has 86 valence electrons. The van der Waals surface area contributed by atoms with Crippen LogP contribution in [0.2, 0.25) is 0 Å². The molecule has 3 aromatic rings. The van der Waals surface area contributed by atoms with Gasteiger partial charge in [0.1, 0.15) is 11.8 Å². The van der Waals surface area contributed by atoms with Gasteiger partial charge in [-0.05, 0) is 24.3 Å². The molecule has 0 aromatic carbocycles. The van der Waals surface area contributed by atoms with Crippen LogP contribution in [0.1, 0.15) is 5.69 Å². The standard InChI is InChI=1S/C14H9N3S/c15-8-10-2-1-3-13-11(5-7-17(10)13)12-9-16-6-4-14(12)18/h1-7,9H,(H,16,18). The molecule has 3 aromatic heterocycles. The van der Waals surface area contributed by atoms with E-state index in [4.69, 9.17) is 17.5 Å². The molecule has 4 heteroatoms. The van der Waals surface area contributed by atoms with Crippen molar-refractivity contribution < 1.29 is 0 Å². The summed E-state index contributed by atoms with van der Waals surface area (Å²) in [7, 11) is 0. The molecule has 1 N–H and O–H groups in total. The molecule has 0 aliphatic rings. The van der Waals surface area contributed by atoms with E-state index >= 15 is 0 Å². The minimum atomic E-state index is 0.615. The van der Waals surface area contributed by atoms with Crippen molar-refractivity contribution in [3.63, 3.8) is 0 Å². The zero-order valence-electron chi connectivity index (χ0n) is 9.42. The number of aromatic nitrogens is 2. The van der Waals surface area contributed by atoms with Crippen LogP contribution in [0.5, 0.6) is 0 Å². The molecule has 3 heterocycles. The summed E-state index contributed by atoms with van der Waals surface area (Å²) < 4.78 is 2.67. The first-order valence-corrected chi connectivity index (χ1v) is 5.90. The Labute approximate surface area is 109 Å². The SMILES string of the molecule is N#Cc1cccc2c(-c3c[nH]ccc3=S)ccn12. The first-order chi connectivity index (χ1) is 8.81. The number of fused-ring (bicyclic) bond motifs is 1. The summed E-state index contributed by atoms with van der Waals surface area (Å²) in [6.45, 7) is 0. The number of nitrogens with zero attached hydrogens (tertiary/aromatic N) is 2. The van der Waals surface area contributed by atoms with Gasteiger partial charge < -0.3 is 9.38 Å². The first-order valence-electron chi connectivity index (χ1n) is 5.49. The maximum absolute atomic E-state index is 9.07. The van der Waals surface area contributed by atoms with Crippen molar-refractivity contribution in [1.82, 2.24) is 9.38 Å². The van der Waals surface area contributed by atoms with E-state index < -0.39 is 0 Å². The summed E-state index contributed by atoms with van der Waals surface area (Å²) >= 11 is 5.33. The predicted molar refractivity (Wildman–Crippen MR) is 72.7 cm³/mol. The second kappa shape index (κ2) is 4.13. The number of hydrogen-bond acceptors (Lipinski definition) is 2. The second-order valence-corrected chi connectivity index (χ2v) is 4.37. The Kier molecular flexibility index (Phi) is 2.47. The average molecular weight is 251 g/mol. The quantitative estimate of drug-likeness (QED) is 0.672. The summed E-state index contributed by atoms with van der Waals surface area (Å²) in [5.41, 5.74) is 3.61. The number of pyridine rings is 2. The van der Waals surface area contributed by atoms with Crippen molar-refractivity contribution in [2.24, 2.45) is 0 Å². The van der Waals surface area contributed by atoms with Crippen LogP contribution >= 0.6 is 12.2 Å². The molecule has 0 bridgehead atoms. The Morgan fingerprint density at radius 2 is 2.06 bits per heavy atom. The zero-order chi connectivity index (χ0) is 12.5. The highest BCUT2D eigenvalue weighted by molar-refractivity contribution is 7.71. The highest BCUT2D eigenvalue weighted by Gasteiger charge is 2.08. The molecule has 0 unspecified atom stereocenters. The van der Waals surface area contributed by atoms with Crippen molar-refractivity contribution in [2.45, 2.75) is 0 Å². The van der Waals surface area contributed by atoms with Crippen LogP contribution < -0.4 is 0 Å². The molecular weight excluding hydrogens is 242 g/mol. The number of hydrogen-bond donors (Lipinski definition) is 1.